The topological polar surface area (TPSA) is 38.7 Å². The first-order valence-corrected chi connectivity index (χ1v) is 6.77. The molecule has 1 unspecified atom stereocenters. The molecule has 0 radical (unpaired) electrons. The predicted molar refractivity (Wildman–Crippen MR) is 64.3 cm³/mol. The maximum atomic E-state index is 8.62. The van der Waals surface area contributed by atoms with Gasteiger partial charge in [-0.3, -0.25) is 0 Å². The molecule has 0 saturated carbocycles. The first kappa shape index (κ1) is 13.9. The van der Waals surface area contributed by atoms with Crippen molar-refractivity contribution in [2.45, 2.75) is 64.1 Å². The van der Waals surface area contributed by atoms with E-state index in [1.54, 1.807) is 0 Å². The van der Waals surface area contributed by atoms with Gasteiger partial charge in [0.1, 0.15) is 0 Å². The minimum atomic E-state index is 0.0724. The summed E-state index contributed by atoms with van der Waals surface area (Å²) in [6.07, 6.45) is 10.5. The lowest BCUT2D eigenvalue weighted by molar-refractivity contribution is -0.162. The number of ether oxygens (including phenoxy) is 2. The Labute approximate surface area is 99.1 Å². The lowest BCUT2D eigenvalue weighted by Crippen LogP contribution is -2.22. The molecule has 1 aliphatic rings. The second kappa shape index (κ2) is 10.1. The van der Waals surface area contributed by atoms with Gasteiger partial charge in [0, 0.05) is 19.8 Å². The SMILES string of the molecule is OCCCCCCCCOC1CCCCO1. The van der Waals surface area contributed by atoms with E-state index < -0.39 is 0 Å². The minimum absolute atomic E-state index is 0.0724. The van der Waals surface area contributed by atoms with Gasteiger partial charge in [0.05, 0.1) is 0 Å². The van der Waals surface area contributed by atoms with Crippen LogP contribution in [0.1, 0.15) is 57.8 Å². The largest absolute Gasteiger partial charge is 0.396 e. The van der Waals surface area contributed by atoms with Crippen LogP contribution in [0.2, 0.25) is 0 Å². The Hall–Kier alpha value is -0.120. The summed E-state index contributed by atoms with van der Waals surface area (Å²) in [4.78, 5) is 0. The van der Waals surface area contributed by atoms with Gasteiger partial charge in [-0.15, -0.1) is 0 Å². The van der Waals surface area contributed by atoms with Crippen LogP contribution < -0.4 is 0 Å². The van der Waals surface area contributed by atoms with Crippen LogP contribution >= 0.6 is 0 Å². The molecule has 3 heteroatoms. The fourth-order valence-corrected chi connectivity index (χ4v) is 1.98. The van der Waals surface area contributed by atoms with Crippen molar-refractivity contribution in [2.24, 2.45) is 0 Å². The molecule has 1 saturated heterocycles. The third-order valence-electron chi connectivity index (χ3n) is 2.99. The molecule has 1 rings (SSSR count). The van der Waals surface area contributed by atoms with Crippen LogP contribution in [-0.2, 0) is 9.47 Å². The van der Waals surface area contributed by atoms with E-state index >= 15 is 0 Å². The van der Waals surface area contributed by atoms with Crippen molar-refractivity contribution in [1.29, 1.82) is 0 Å². The second-order valence-electron chi connectivity index (χ2n) is 4.51. The fraction of sp³-hybridized carbons (Fsp3) is 1.00. The molecule has 0 aromatic rings. The van der Waals surface area contributed by atoms with Crippen molar-refractivity contribution in [3.63, 3.8) is 0 Å². The average Bonchev–Trinajstić information content (AvgIpc) is 2.34. The van der Waals surface area contributed by atoms with Crippen LogP contribution in [0.4, 0.5) is 0 Å². The lowest BCUT2D eigenvalue weighted by atomic mass is 10.1. The maximum absolute atomic E-state index is 8.62. The van der Waals surface area contributed by atoms with Gasteiger partial charge in [0.15, 0.2) is 6.29 Å². The second-order valence-corrected chi connectivity index (χ2v) is 4.51. The molecule has 0 amide bonds. The van der Waals surface area contributed by atoms with E-state index in [9.17, 15) is 0 Å². The molecular weight excluding hydrogens is 204 g/mol. The highest BCUT2D eigenvalue weighted by Gasteiger charge is 2.12. The van der Waals surface area contributed by atoms with Crippen LogP contribution in [0, 0.1) is 0 Å². The molecule has 3 nitrogen and oxygen atoms in total. The first-order chi connectivity index (χ1) is 7.93. The molecule has 0 spiro atoms. The van der Waals surface area contributed by atoms with E-state index in [4.69, 9.17) is 14.6 Å². The zero-order valence-corrected chi connectivity index (χ0v) is 10.3. The van der Waals surface area contributed by atoms with Crippen molar-refractivity contribution in [3.8, 4) is 0 Å². The quantitative estimate of drug-likeness (QED) is 0.619. The molecule has 16 heavy (non-hydrogen) atoms. The number of rotatable bonds is 9. The van der Waals surface area contributed by atoms with Crippen molar-refractivity contribution in [2.75, 3.05) is 19.8 Å². The average molecular weight is 230 g/mol. The van der Waals surface area contributed by atoms with Gasteiger partial charge in [0.2, 0.25) is 0 Å². The normalized spacial score (nSPS) is 21.2. The monoisotopic (exact) mass is 230 g/mol. The van der Waals surface area contributed by atoms with Gasteiger partial charge in [-0.1, -0.05) is 25.7 Å². The number of aliphatic hydroxyl groups is 1. The first-order valence-electron chi connectivity index (χ1n) is 6.77. The zero-order chi connectivity index (χ0) is 11.5. The summed E-state index contributed by atoms with van der Waals surface area (Å²) in [5.41, 5.74) is 0. The number of unbranched alkanes of at least 4 members (excludes halogenated alkanes) is 5. The van der Waals surface area contributed by atoms with Crippen LogP contribution in [0.5, 0.6) is 0 Å². The van der Waals surface area contributed by atoms with Crippen LogP contribution in [-0.4, -0.2) is 31.2 Å². The Morgan fingerprint density at radius 1 is 1.00 bits per heavy atom. The number of hydrogen-bond acceptors (Lipinski definition) is 3. The Morgan fingerprint density at radius 2 is 1.75 bits per heavy atom. The lowest BCUT2D eigenvalue weighted by Gasteiger charge is -2.22. The molecule has 0 aliphatic carbocycles. The molecule has 1 fully saturated rings. The molecule has 96 valence electrons. The molecule has 0 aromatic carbocycles. The van der Waals surface area contributed by atoms with E-state index in [1.807, 2.05) is 0 Å². The van der Waals surface area contributed by atoms with E-state index in [2.05, 4.69) is 0 Å². The molecule has 0 aromatic heterocycles. The third kappa shape index (κ3) is 7.20. The van der Waals surface area contributed by atoms with E-state index in [0.717, 1.165) is 38.9 Å². The van der Waals surface area contributed by atoms with Gasteiger partial charge in [0.25, 0.3) is 0 Å². The Bertz CT molecular complexity index is 144. The summed E-state index contributed by atoms with van der Waals surface area (Å²) >= 11 is 0. The van der Waals surface area contributed by atoms with Crippen LogP contribution in [0.25, 0.3) is 0 Å². The van der Waals surface area contributed by atoms with Crippen molar-refractivity contribution in [1.82, 2.24) is 0 Å². The Morgan fingerprint density at radius 3 is 2.44 bits per heavy atom. The standard InChI is InChI=1S/C13H26O3/c14-10-6-3-1-2-4-7-11-15-13-9-5-8-12-16-13/h13-14H,1-12H2. The summed E-state index contributed by atoms with van der Waals surface area (Å²) in [6.45, 7) is 2.04. The van der Waals surface area contributed by atoms with Gasteiger partial charge in [-0.2, -0.15) is 0 Å². The van der Waals surface area contributed by atoms with Gasteiger partial charge in [-0.25, -0.2) is 0 Å². The maximum Gasteiger partial charge on any atom is 0.157 e. The zero-order valence-electron chi connectivity index (χ0n) is 10.3. The van der Waals surface area contributed by atoms with E-state index in [0.29, 0.717) is 6.61 Å². The van der Waals surface area contributed by atoms with E-state index in [1.165, 1.54) is 32.1 Å². The molecule has 1 aliphatic heterocycles. The summed E-state index contributed by atoms with van der Waals surface area (Å²) < 4.78 is 11.1. The van der Waals surface area contributed by atoms with Gasteiger partial charge >= 0.3 is 0 Å². The third-order valence-corrected chi connectivity index (χ3v) is 2.99. The van der Waals surface area contributed by atoms with Crippen molar-refractivity contribution >= 4 is 0 Å². The number of aliphatic hydroxyl groups excluding tert-OH is 1. The Kier molecular flexibility index (Phi) is 8.77. The molecule has 1 atom stereocenters. The van der Waals surface area contributed by atoms with Crippen molar-refractivity contribution < 1.29 is 14.6 Å². The van der Waals surface area contributed by atoms with E-state index in [-0.39, 0.29) is 6.29 Å². The summed E-state index contributed by atoms with van der Waals surface area (Å²) in [5.74, 6) is 0. The van der Waals surface area contributed by atoms with Crippen LogP contribution in [0.15, 0.2) is 0 Å². The van der Waals surface area contributed by atoms with Gasteiger partial charge < -0.3 is 14.6 Å². The van der Waals surface area contributed by atoms with Crippen molar-refractivity contribution in [3.05, 3.63) is 0 Å². The smallest absolute Gasteiger partial charge is 0.157 e. The fourth-order valence-electron chi connectivity index (χ4n) is 1.98. The summed E-state index contributed by atoms with van der Waals surface area (Å²) in [7, 11) is 0. The Balaban J connectivity index is 1.77. The highest BCUT2D eigenvalue weighted by molar-refractivity contribution is 4.54. The number of hydrogen-bond donors (Lipinski definition) is 1. The minimum Gasteiger partial charge on any atom is -0.396 e. The summed E-state index contributed by atoms with van der Waals surface area (Å²) in [6, 6.07) is 0. The molecule has 1 heterocycles. The van der Waals surface area contributed by atoms with Crippen LogP contribution in [0.3, 0.4) is 0 Å². The molecule has 1 N–H and O–H groups in total. The predicted octanol–water partition coefficient (Wildman–Crippen LogP) is 2.86. The highest BCUT2D eigenvalue weighted by Crippen LogP contribution is 2.14. The van der Waals surface area contributed by atoms with Gasteiger partial charge in [-0.05, 0) is 32.1 Å². The molecule has 0 bridgehead atoms. The molecular formula is C13H26O3. The summed E-state index contributed by atoms with van der Waals surface area (Å²) in [5, 5.41) is 8.62. The highest BCUT2D eigenvalue weighted by atomic mass is 16.7.